The molecule has 0 aromatic heterocycles. The highest BCUT2D eigenvalue weighted by atomic mass is 16.2. The Balaban J connectivity index is 4.28. The van der Waals surface area contributed by atoms with Crippen LogP contribution in [0.5, 0.6) is 0 Å². The van der Waals surface area contributed by atoms with Gasteiger partial charge in [-0.05, 0) is 31.2 Å². The van der Waals surface area contributed by atoms with E-state index >= 15 is 0 Å². The van der Waals surface area contributed by atoms with Crippen molar-refractivity contribution >= 4 is 5.91 Å². The van der Waals surface area contributed by atoms with Crippen molar-refractivity contribution < 1.29 is 4.79 Å². The molecule has 0 fully saturated rings. The van der Waals surface area contributed by atoms with Gasteiger partial charge in [-0.2, -0.15) is 10.5 Å². The van der Waals surface area contributed by atoms with Crippen LogP contribution in [0.15, 0.2) is 0 Å². The van der Waals surface area contributed by atoms with Crippen LogP contribution in [0, 0.1) is 34.5 Å². The summed E-state index contributed by atoms with van der Waals surface area (Å²) in [6.45, 7) is 4.82. The molecule has 0 saturated carbocycles. The lowest BCUT2D eigenvalue weighted by molar-refractivity contribution is -0.130. The number of carbonyl (C=O) groups is 1. The highest BCUT2D eigenvalue weighted by Crippen LogP contribution is 2.20. The number of hydrogen-bond acceptors (Lipinski definition) is 4. The molecular weight excluding hydrogens is 228 g/mol. The van der Waals surface area contributed by atoms with Gasteiger partial charge in [-0.1, -0.05) is 13.8 Å². The first-order valence-electron chi connectivity index (χ1n) is 6.28. The van der Waals surface area contributed by atoms with Crippen molar-refractivity contribution in [2.45, 2.75) is 33.1 Å². The van der Waals surface area contributed by atoms with Crippen LogP contribution in [0.4, 0.5) is 0 Å². The number of amides is 1. The van der Waals surface area contributed by atoms with Gasteiger partial charge in [-0.25, -0.2) is 0 Å². The van der Waals surface area contributed by atoms with Crippen LogP contribution in [-0.2, 0) is 4.79 Å². The van der Waals surface area contributed by atoms with E-state index in [0.717, 1.165) is 12.8 Å². The molecule has 2 N–H and O–H groups in total. The fraction of sp³-hybridized carbons (Fsp3) is 0.769. The molecule has 0 aromatic rings. The maximum atomic E-state index is 11.8. The van der Waals surface area contributed by atoms with E-state index in [-0.39, 0.29) is 19.0 Å². The molecule has 0 spiro atoms. The minimum absolute atomic E-state index is 0.0182. The molecule has 1 unspecified atom stereocenters. The van der Waals surface area contributed by atoms with Crippen molar-refractivity contribution in [3.63, 3.8) is 0 Å². The summed E-state index contributed by atoms with van der Waals surface area (Å²) in [5, 5.41) is 17.2. The first-order valence-corrected chi connectivity index (χ1v) is 6.28. The van der Waals surface area contributed by atoms with E-state index in [2.05, 4.69) is 13.8 Å². The van der Waals surface area contributed by atoms with Gasteiger partial charge in [0.15, 0.2) is 0 Å². The Morgan fingerprint density at radius 3 is 2.17 bits per heavy atom. The highest BCUT2D eigenvalue weighted by molar-refractivity contribution is 5.76. The van der Waals surface area contributed by atoms with E-state index in [1.165, 1.54) is 4.90 Å². The van der Waals surface area contributed by atoms with Gasteiger partial charge in [0.1, 0.15) is 13.1 Å². The van der Waals surface area contributed by atoms with Gasteiger partial charge in [0.25, 0.3) is 0 Å². The third-order valence-corrected chi connectivity index (χ3v) is 3.09. The molecule has 0 aliphatic carbocycles. The number of nitrogens with two attached hydrogens (primary N) is 1. The van der Waals surface area contributed by atoms with E-state index in [0.29, 0.717) is 24.8 Å². The summed E-state index contributed by atoms with van der Waals surface area (Å²) in [6.07, 6.45) is 2.05. The minimum atomic E-state index is -0.124. The van der Waals surface area contributed by atoms with Crippen molar-refractivity contribution in [3.05, 3.63) is 0 Å². The van der Waals surface area contributed by atoms with Crippen LogP contribution in [0.3, 0.4) is 0 Å². The van der Waals surface area contributed by atoms with E-state index in [9.17, 15) is 4.79 Å². The van der Waals surface area contributed by atoms with E-state index < -0.39 is 0 Å². The number of carbonyl (C=O) groups excluding carboxylic acids is 1. The predicted molar refractivity (Wildman–Crippen MR) is 69.0 cm³/mol. The van der Waals surface area contributed by atoms with Crippen LogP contribution in [-0.4, -0.2) is 30.4 Å². The van der Waals surface area contributed by atoms with Gasteiger partial charge >= 0.3 is 0 Å². The average molecular weight is 250 g/mol. The van der Waals surface area contributed by atoms with Crippen LogP contribution >= 0.6 is 0 Å². The summed E-state index contributed by atoms with van der Waals surface area (Å²) < 4.78 is 0. The number of nitriles is 2. The molecule has 100 valence electrons. The smallest absolute Gasteiger partial charge is 0.224 e. The zero-order valence-electron chi connectivity index (χ0n) is 11.2. The topological polar surface area (TPSA) is 93.9 Å². The zero-order valence-corrected chi connectivity index (χ0v) is 11.2. The largest absolute Gasteiger partial charge is 0.330 e. The second-order valence-corrected chi connectivity index (χ2v) is 4.69. The van der Waals surface area contributed by atoms with Crippen LogP contribution in [0.1, 0.15) is 33.1 Å². The molecule has 5 heteroatoms. The highest BCUT2D eigenvalue weighted by Gasteiger charge is 2.17. The fourth-order valence-electron chi connectivity index (χ4n) is 1.90. The normalized spacial score (nSPS) is 11.7. The van der Waals surface area contributed by atoms with Crippen LogP contribution in [0.25, 0.3) is 0 Å². The van der Waals surface area contributed by atoms with Crippen LogP contribution < -0.4 is 5.73 Å². The quantitative estimate of drug-likeness (QED) is 0.656. The molecule has 18 heavy (non-hydrogen) atoms. The van der Waals surface area contributed by atoms with Crippen LogP contribution in [0.2, 0.25) is 0 Å². The SMILES string of the molecule is CC(C)C(CCN)CCC(=O)N(CC#N)CC#N. The molecule has 0 radical (unpaired) electrons. The molecule has 0 rings (SSSR count). The summed E-state index contributed by atoms with van der Waals surface area (Å²) in [6, 6.07) is 3.81. The first kappa shape index (κ1) is 16.4. The number of rotatable bonds is 8. The first-order chi connectivity index (χ1) is 8.56. The second kappa shape index (κ2) is 9.44. The lowest BCUT2D eigenvalue weighted by atomic mass is 9.88. The zero-order chi connectivity index (χ0) is 14.0. The van der Waals surface area contributed by atoms with Gasteiger partial charge in [0, 0.05) is 6.42 Å². The summed E-state index contributed by atoms with van der Waals surface area (Å²) in [4.78, 5) is 13.1. The Bertz CT molecular complexity index is 311. The summed E-state index contributed by atoms with van der Waals surface area (Å²) >= 11 is 0. The standard InChI is InChI=1S/C13H22N4O/c1-11(2)12(5-6-14)3-4-13(18)17(9-7-15)10-8-16/h11-12H,3-6,9-10,14H2,1-2H3. The van der Waals surface area contributed by atoms with Crippen molar-refractivity contribution in [1.82, 2.24) is 4.90 Å². The van der Waals surface area contributed by atoms with Gasteiger partial charge in [0.05, 0.1) is 12.1 Å². The Morgan fingerprint density at radius 2 is 1.78 bits per heavy atom. The predicted octanol–water partition coefficient (Wildman–Crippen LogP) is 1.26. The molecule has 0 aromatic carbocycles. The number of hydrogen-bond donors (Lipinski definition) is 1. The third-order valence-electron chi connectivity index (χ3n) is 3.09. The van der Waals surface area contributed by atoms with E-state index in [1.54, 1.807) is 0 Å². The molecule has 5 nitrogen and oxygen atoms in total. The number of nitrogens with zero attached hydrogens (tertiary/aromatic N) is 3. The molecule has 1 atom stereocenters. The van der Waals surface area contributed by atoms with Gasteiger partial charge in [-0.15, -0.1) is 0 Å². The molecule has 0 saturated heterocycles. The Hall–Kier alpha value is -1.59. The monoisotopic (exact) mass is 250 g/mol. The lowest BCUT2D eigenvalue weighted by Gasteiger charge is -2.21. The maximum Gasteiger partial charge on any atom is 0.224 e. The van der Waals surface area contributed by atoms with Gasteiger partial charge < -0.3 is 10.6 Å². The molecule has 0 aliphatic rings. The van der Waals surface area contributed by atoms with E-state index in [1.807, 2.05) is 12.1 Å². The Kier molecular flexibility index (Phi) is 8.61. The third kappa shape index (κ3) is 6.22. The fourth-order valence-corrected chi connectivity index (χ4v) is 1.90. The summed E-state index contributed by atoms with van der Waals surface area (Å²) in [7, 11) is 0. The maximum absolute atomic E-state index is 11.8. The average Bonchev–Trinajstić information content (AvgIpc) is 2.33. The summed E-state index contributed by atoms with van der Waals surface area (Å²) in [5.74, 6) is 0.785. The lowest BCUT2D eigenvalue weighted by Crippen LogP contribution is -2.32. The van der Waals surface area contributed by atoms with Crippen molar-refractivity contribution in [1.29, 1.82) is 10.5 Å². The van der Waals surface area contributed by atoms with Gasteiger partial charge in [-0.3, -0.25) is 4.79 Å². The van der Waals surface area contributed by atoms with E-state index in [4.69, 9.17) is 16.3 Å². The molecule has 0 bridgehead atoms. The Morgan fingerprint density at radius 1 is 1.22 bits per heavy atom. The van der Waals surface area contributed by atoms with Crippen molar-refractivity contribution in [2.24, 2.45) is 17.6 Å². The minimum Gasteiger partial charge on any atom is -0.330 e. The molecule has 0 aliphatic heterocycles. The van der Waals surface area contributed by atoms with Crippen molar-refractivity contribution in [2.75, 3.05) is 19.6 Å². The van der Waals surface area contributed by atoms with Gasteiger partial charge in [0.2, 0.25) is 5.91 Å². The summed E-state index contributed by atoms with van der Waals surface area (Å²) in [5.41, 5.74) is 5.55. The second-order valence-electron chi connectivity index (χ2n) is 4.69. The molecule has 1 amide bonds. The Labute approximate surface area is 109 Å². The van der Waals surface area contributed by atoms with Crippen molar-refractivity contribution in [3.8, 4) is 12.1 Å². The molecular formula is C13H22N4O. The molecule has 0 heterocycles.